The van der Waals surface area contributed by atoms with Crippen molar-refractivity contribution in [1.82, 2.24) is 19.8 Å². The normalized spacial score (nSPS) is 22.5. The first kappa shape index (κ1) is 16.8. The second-order valence-electron chi connectivity index (χ2n) is 6.07. The van der Waals surface area contributed by atoms with E-state index in [9.17, 15) is 4.79 Å². The molecule has 0 saturated carbocycles. The molecular formula is C17H21ClN4O2. The Kier molecular flexibility index (Phi) is 4.78. The number of piperazine rings is 1. The number of imidazole rings is 1. The number of para-hydroxylation sites is 1. The van der Waals surface area contributed by atoms with Crippen molar-refractivity contribution >= 4 is 18.3 Å². The molecule has 3 heterocycles. The van der Waals surface area contributed by atoms with E-state index < -0.39 is 6.10 Å². The van der Waals surface area contributed by atoms with Gasteiger partial charge in [0.25, 0.3) is 5.91 Å². The first-order valence-corrected chi connectivity index (χ1v) is 7.97. The predicted molar refractivity (Wildman–Crippen MR) is 92.3 cm³/mol. The molecule has 1 aromatic carbocycles. The lowest BCUT2D eigenvalue weighted by atomic mass is 10.1. The minimum atomic E-state index is -0.423. The maximum absolute atomic E-state index is 13.0. The fourth-order valence-corrected chi connectivity index (χ4v) is 3.40. The van der Waals surface area contributed by atoms with Crippen molar-refractivity contribution < 1.29 is 9.53 Å². The first-order valence-electron chi connectivity index (χ1n) is 7.97. The van der Waals surface area contributed by atoms with Gasteiger partial charge in [-0.3, -0.25) is 4.79 Å². The Balaban J connectivity index is 0.00000169. The summed E-state index contributed by atoms with van der Waals surface area (Å²) in [6, 6.07) is 7.82. The molecule has 7 heteroatoms. The van der Waals surface area contributed by atoms with Crippen LogP contribution in [-0.2, 0) is 18.3 Å². The quantitative estimate of drug-likeness (QED) is 0.889. The van der Waals surface area contributed by atoms with Crippen LogP contribution in [0.15, 0.2) is 36.7 Å². The molecule has 2 atom stereocenters. The molecule has 2 unspecified atom stereocenters. The molecule has 0 radical (unpaired) electrons. The number of rotatable bonds is 2. The predicted octanol–water partition coefficient (Wildman–Crippen LogP) is 1.32. The summed E-state index contributed by atoms with van der Waals surface area (Å²) < 4.78 is 7.85. The van der Waals surface area contributed by atoms with Crippen molar-refractivity contribution in [2.24, 2.45) is 7.05 Å². The SMILES string of the molecule is Cl.Cn1ccnc1C1CNCCN1C(=O)C1Cc2ccccc2O1. The minimum Gasteiger partial charge on any atom is -0.480 e. The third kappa shape index (κ3) is 2.87. The van der Waals surface area contributed by atoms with Gasteiger partial charge < -0.3 is 19.5 Å². The van der Waals surface area contributed by atoms with Gasteiger partial charge in [0.2, 0.25) is 0 Å². The number of amides is 1. The van der Waals surface area contributed by atoms with Gasteiger partial charge in [0.15, 0.2) is 6.10 Å². The second-order valence-corrected chi connectivity index (χ2v) is 6.07. The number of fused-ring (bicyclic) bond motifs is 1. The second kappa shape index (κ2) is 6.83. The molecule has 2 aliphatic heterocycles. The number of hydrogen-bond donors (Lipinski definition) is 1. The summed E-state index contributed by atoms with van der Waals surface area (Å²) in [6.45, 7) is 2.19. The molecule has 0 bridgehead atoms. The van der Waals surface area contributed by atoms with Crippen LogP contribution in [-0.4, -0.2) is 46.1 Å². The van der Waals surface area contributed by atoms with Gasteiger partial charge in [-0.05, 0) is 11.6 Å². The number of benzene rings is 1. The average Bonchev–Trinajstić information content (AvgIpc) is 3.20. The van der Waals surface area contributed by atoms with E-state index >= 15 is 0 Å². The van der Waals surface area contributed by atoms with Crippen LogP contribution in [0.4, 0.5) is 0 Å². The van der Waals surface area contributed by atoms with Crippen molar-refractivity contribution in [3.05, 3.63) is 48.0 Å². The largest absolute Gasteiger partial charge is 0.480 e. The molecule has 6 nitrogen and oxygen atoms in total. The van der Waals surface area contributed by atoms with Crippen molar-refractivity contribution in [3.63, 3.8) is 0 Å². The Labute approximate surface area is 147 Å². The number of halogens is 1. The Bertz CT molecular complexity index is 708. The van der Waals surface area contributed by atoms with Crippen LogP contribution in [0.2, 0.25) is 0 Å². The summed E-state index contributed by atoms with van der Waals surface area (Å²) in [5, 5.41) is 3.35. The number of carbonyl (C=O) groups is 1. The summed E-state index contributed by atoms with van der Waals surface area (Å²) in [5.74, 6) is 1.78. The lowest BCUT2D eigenvalue weighted by Gasteiger charge is -2.36. The number of carbonyl (C=O) groups excluding carboxylic acids is 1. The molecule has 1 N–H and O–H groups in total. The third-order valence-electron chi connectivity index (χ3n) is 4.61. The minimum absolute atomic E-state index is 0. The topological polar surface area (TPSA) is 59.4 Å². The molecule has 0 spiro atoms. The van der Waals surface area contributed by atoms with E-state index in [1.165, 1.54) is 0 Å². The summed E-state index contributed by atoms with van der Waals surface area (Å²) in [7, 11) is 1.96. The first-order chi connectivity index (χ1) is 11.2. The number of nitrogens with one attached hydrogen (secondary N) is 1. The maximum Gasteiger partial charge on any atom is 0.264 e. The number of hydrogen-bond acceptors (Lipinski definition) is 4. The third-order valence-corrected chi connectivity index (χ3v) is 4.61. The fraction of sp³-hybridized carbons (Fsp3) is 0.412. The number of aromatic nitrogens is 2. The molecule has 1 aromatic heterocycles. The molecule has 2 aliphatic rings. The zero-order chi connectivity index (χ0) is 15.8. The summed E-state index contributed by atoms with van der Waals surface area (Å²) in [4.78, 5) is 19.4. The van der Waals surface area contributed by atoms with E-state index in [1.807, 2.05) is 47.0 Å². The Morgan fingerprint density at radius 3 is 2.96 bits per heavy atom. The van der Waals surface area contributed by atoms with E-state index in [0.717, 1.165) is 30.2 Å². The zero-order valence-corrected chi connectivity index (χ0v) is 14.3. The zero-order valence-electron chi connectivity index (χ0n) is 13.5. The van der Waals surface area contributed by atoms with Crippen LogP contribution in [0.1, 0.15) is 17.4 Å². The fourth-order valence-electron chi connectivity index (χ4n) is 3.40. The van der Waals surface area contributed by atoms with Crippen LogP contribution in [0.5, 0.6) is 5.75 Å². The Hall–Kier alpha value is -2.05. The molecule has 2 aromatic rings. The van der Waals surface area contributed by atoms with Gasteiger partial charge in [-0.1, -0.05) is 18.2 Å². The average molecular weight is 349 g/mol. The standard InChI is InChI=1S/C17H20N4O2.ClH/c1-20-8-7-19-16(20)13-11-18-6-9-21(13)17(22)15-10-12-4-2-3-5-14(12)23-15;/h2-5,7-8,13,15,18H,6,9-11H2,1H3;1H. The van der Waals surface area contributed by atoms with Gasteiger partial charge in [-0.2, -0.15) is 0 Å². The van der Waals surface area contributed by atoms with Gasteiger partial charge >= 0.3 is 0 Å². The van der Waals surface area contributed by atoms with Gasteiger partial charge in [0.05, 0.1) is 0 Å². The van der Waals surface area contributed by atoms with E-state index in [1.54, 1.807) is 6.20 Å². The highest BCUT2D eigenvalue weighted by Gasteiger charge is 2.37. The van der Waals surface area contributed by atoms with Crippen LogP contribution in [0, 0.1) is 0 Å². The van der Waals surface area contributed by atoms with Gasteiger partial charge in [0, 0.05) is 45.5 Å². The van der Waals surface area contributed by atoms with Gasteiger partial charge in [-0.15, -0.1) is 12.4 Å². The highest BCUT2D eigenvalue weighted by Crippen LogP contribution is 2.31. The molecular weight excluding hydrogens is 328 g/mol. The molecule has 1 saturated heterocycles. The summed E-state index contributed by atoms with van der Waals surface area (Å²) in [5.41, 5.74) is 1.11. The lowest BCUT2D eigenvalue weighted by molar-refractivity contribution is -0.141. The Morgan fingerprint density at radius 2 is 2.21 bits per heavy atom. The van der Waals surface area contributed by atoms with Crippen molar-refractivity contribution in [3.8, 4) is 5.75 Å². The van der Waals surface area contributed by atoms with E-state index in [4.69, 9.17) is 4.74 Å². The van der Waals surface area contributed by atoms with Crippen LogP contribution in [0.3, 0.4) is 0 Å². The molecule has 0 aliphatic carbocycles. The smallest absolute Gasteiger partial charge is 0.264 e. The molecule has 24 heavy (non-hydrogen) atoms. The summed E-state index contributed by atoms with van der Waals surface area (Å²) in [6.07, 6.45) is 3.91. The monoisotopic (exact) mass is 348 g/mol. The maximum atomic E-state index is 13.0. The highest BCUT2D eigenvalue weighted by molar-refractivity contribution is 5.85. The van der Waals surface area contributed by atoms with Crippen molar-refractivity contribution in [1.29, 1.82) is 0 Å². The number of ether oxygens (including phenoxy) is 1. The lowest BCUT2D eigenvalue weighted by Crippen LogP contribution is -2.53. The van der Waals surface area contributed by atoms with E-state index in [2.05, 4.69) is 10.3 Å². The molecule has 128 valence electrons. The van der Waals surface area contributed by atoms with Gasteiger partial charge in [-0.25, -0.2) is 4.98 Å². The molecule has 1 amide bonds. The molecule has 1 fully saturated rings. The van der Waals surface area contributed by atoms with Crippen LogP contribution < -0.4 is 10.1 Å². The Morgan fingerprint density at radius 1 is 1.38 bits per heavy atom. The highest BCUT2D eigenvalue weighted by atomic mass is 35.5. The summed E-state index contributed by atoms with van der Waals surface area (Å²) >= 11 is 0. The van der Waals surface area contributed by atoms with Crippen LogP contribution in [0.25, 0.3) is 0 Å². The van der Waals surface area contributed by atoms with Crippen LogP contribution >= 0.6 is 12.4 Å². The van der Waals surface area contributed by atoms with Crippen molar-refractivity contribution in [2.45, 2.75) is 18.6 Å². The number of aryl methyl sites for hydroxylation is 1. The van der Waals surface area contributed by atoms with E-state index in [-0.39, 0.29) is 24.4 Å². The molecule has 4 rings (SSSR count). The van der Waals surface area contributed by atoms with E-state index in [0.29, 0.717) is 13.0 Å². The number of nitrogens with zero attached hydrogens (tertiary/aromatic N) is 3. The van der Waals surface area contributed by atoms with Crippen molar-refractivity contribution in [2.75, 3.05) is 19.6 Å². The van der Waals surface area contributed by atoms with Gasteiger partial charge in [0.1, 0.15) is 17.6 Å².